The molecule has 0 aliphatic carbocycles. The van der Waals surface area contributed by atoms with Crippen LogP contribution in [0.4, 0.5) is 11.5 Å². The fourth-order valence-electron chi connectivity index (χ4n) is 4.60. The van der Waals surface area contributed by atoms with E-state index in [1.54, 1.807) is 0 Å². The van der Waals surface area contributed by atoms with Gasteiger partial charge < -0.3 is 19.4 Å². The highest BCUT2D eigenvalue weighted by Crippen LogP contribution is 2.28. The maximum Gasteiger partial charge on any atom is 0.234 e. The SMILES string of the molecule is O=C(C(c1ccccc1)c1ccccc1)N1CCN(c2cc(N3CCOCC3)cnn2)CC1. The molecule has 0 spiro atoms. The lowest BCUT2D eigenvalue weighted by atomic mass is 9.90. The minimum absolute atomic E-state index is 0.153. The van der Waals surface area contributed by atoms with E-state index in [9.17, 15) is 4.79 Å². The number of piperazine rings is 1. The zero-order valence-electron chi connectivity index (χ0n) is 18.7. The molecule has 2 fully saturated rings. The average molecular weight is 444 g/mol. The number of ether oxygens (including phenoxy) is 1. The first-order chi connectivity index (χ1) is 16.3. The third-order valence-electron chi connectivity index (χ3n) is 6.43. The molecule has 0 bridgehead atoms. The quantitative estimate of drug-likeness (QED) is 0.604. The van der Waals surface area contributed by atoms with E-state index in [1.807, 2.05) is 71.8 Å². The molecule has 0 N–H and O–H groups in total. The number of rotatable bonds is 5. The molecule has 0 saturated carbocycles. The van der Waals surface area contributed by atoms with Gasteiger partial charge in [0.2, 0.25) is 5.91 Å². The lowest BCUT2D eigenvalue weighted by molar-refractivity contribution is -0.132. The van der Waals surface area contributed by atoms with E-state index in [-0.39, 0.29) is 11.8 Å². The predicted molar refractivity (Wildman–Crippen MR) is 129 cm³/mol. The molecule has 7 heteroatoms. The van der Waals surface area contributed by atoms with E-state index in [1.165, 1.54) is 0 Å². The van der Waals surface area contributed by atoms with Crippen LogP contribution in [0.1, 0.15) is 17.0 Å². The first kappa shape index (κ1) is 21.4. The van der Waals surface area contributed by atoms with Gasteiger partial charge in [0.05, 0.1) is 31.0 Å². The number of carbonyl (C=O) groups excluding carboxylic acids is 1. The summed E-state index contributed by atoms with van der Waals surface area (Å²) in [4.78, 5) is 20.2. The molecule has 0 radical (unpaired) electrons. The van der Waals surface area contributed by atoms with Gasteiger partial charge >= 0.3 is 0 Å². The Morgan fingerprint density at radius 2 is 1.39 bits per heavy atom. The Balaban J connectivity index is 1.29. The van der Waals surface area contributed by atoms with Crippen molar-refractivity contribution in [1.29, 1.82) is 0 Å². The number of benzene rings is 2. The van der Waals surface area contributed by atoms with Gasteiger partial charge in [0.15, 0.2) is 5.82 Å². The summed E-state index contributed by atoms with van der Waals surface area (Å²) in [6.07, 6.45) is 1.82. The van der Waals surface area contributed by atoms with Crippen LogP contribution in [0.25, 0.3) is 0 Å². The molecule has 5 rings (SSSR count). The molecule has 3 heterocycles. The average Bonchev–Trinajstić information content (AvgIpc) is 2.91. The Labute approximate surface area is 194 Å². The van der Waals surface area contributed by atoms with Crippen LogP contribution in [-0.4, -0.2) is 73.5 Å². The van der Waals surface area contributed by atoms with Crippen molar-refractivity contribution in [2.24, 2.45) is 0 Å². The van der Waals surface area contributed by atoms with E-state index >= 15 is 0 Å². The van der Waals surface area contributed by atoms with Gasteiger partial charge in [0.1, 0.15) is 0 Å². The smallest absolute Gasteiger partial charge is 0.234 e. The Bertz CT molecular complexity index is 1010. The van der Waals surface area contributed by atoms with Crippen LogP contribution in [-0.2, 0) is 9.53 Å². The van der Waals surface area contributed by atoms with E-state index in [2.05, 4.69) is 26.1 Å². The number of hydrogen-bond acceptors (Lipinski definition) is 6. The summed E-state index contributed by atoms with van der Waals surface area (Å²) in [5.74, 6) is 0.734. The van der Waals surface area contributed by atoms with Gasteiger partial charge in [-0.15, -0.1) is 5.10 Å². The van der Waals surface area contributed by atoms with Gasteiger partial charge in [-0.2, -0.15) is 5.10 Å². The molecule has 2 aliphatic heterocycles. The second-order valence-corrected chi connectivity index (χ2v) is 8.44. The zero-order valence-corrected chi connectivity index (χ0v) is 18.7. The molecule has 2 aliphatic rings. The maximum absolute atomic E-state index is 13.7. The minimum Gasteiger partial charge on any atom is -0.378 e. The summed E-state index contributed by atoms with van der Waals surface area (Å²) < 4.78 is 5.46. The van der Waals surface area contributed by atoms with E-state index < -0.39 is 0 Å². The van der Waals surface area contributed by atoms with Gasteiger partial charge in [-0.25, -0.2) is 0 Å². The van der Waals surface area contributed by atoms with Crippen molar-refractivity contribution in [3.8, 4) is 0 Å². The third-order valence-corrected chi connectivity index (χ3v) is 6.43. The maximum atomic E-state index is 13.7. The molecule has 2 saturated heterocycles. The topological polar surface area (TPSA) is 61.8 Å². The van der Waals surface area contributed by atoms with Crippen LogP contribution in [0.5, 0.6) is 0 Å². The van der Waals surface area contributed by atoms with Crippen LogP contribution in [0.2, 0.25) is 0 Å². The number of aromatic nitrogens is 2. The Morgan fingerprint density at radius 3 is 2.00 bits per heavy atom. The van der Waals surface area contributed by atoms with Gasteiger partial charge in [-0.05, 0) is 11.1 Å². The molecular weight excluding hydrogens is 414 g/mol. The lowest BCUT2D eigenvalue weighted by Gasteiger charge is -2.37. The predicted octanol–water partition coefficient (Wildman–Crippen LogP) is 2.79. The van der Waals surface area contributed by atoms with Crippen LogP contribution in [0.15, 0.2) is 72.9 Å². The summed E-state index contributed by atoms with van der Waals surface area (Å²) in [6.45, 7) is 6.02. The molecule has 1 amide bonds. The monoisotopic (exact) mass is 443 g/mol. The first-order valence-electron chi connectivity index (χ1n) is 11.6. The zero-order chi connectivity index (χ0) is 22.5. The first-order valence-corrected chi connectivity index (χ1v) is 11.6. The van der Waals surface area contributed by atoms with Gasteiger partial charge in [0, 0.05) is 45.3 Å². The van der Waals surface area contributed by atoms with Crippen LogP contribution >= 0.6 is 0 Å². The molecule has 170 valence electrons. The number of morpholine rings is 1. The summed E-state index contributed by atoms with van der Waals surface area (Å²) in [6, 6.07) is 22.2. The number of amides is 1. The summed E-state index contributed by atoms with van der Waals surface area (Å²) in [5.41, 5.74) is 3.13. The van der Waals surface area contributed by atoms with Crippen molar-refractivity contribution in [2.45, 2.75) is 5.92 Å². The highest BCUT2D eigenvalue weighted by Gasteiger charge is 2.30. The summed E-state index contributed by atoms with van der Waals surface area (Å²) in [7, 11) is 0. The molecule has 3 aromatic rings. The van der Waals surface area contributed by atoms with Gasteiger partial charge in [0.25, 0.3) is 0 Å². The van der Waals surface area contributed by atoms with E-state index in [0.717, 1.165) is 62.0 Å². The fourth-order valence-corrected chi connectivity index (χ4v) is 4.60. The van der Waals surface area contributed by atoms with Crippen LogP contribution < -0.4 is 9.80 Å². The number of nitrogens with zero attached hydrogens (tertiary/aromatic N) is 5. The van der Waals surface area contributed by atoms with Crippen molar-refractivity contribution in [1.82, 2.24) is 15.1 Å². The second kappa shape index (κ2) is 10.0. The molecule has 2 aromatic carbocycles. The highest BCUT2D eigenvalue weighted by atomic mass is 16.5. The van der Waals surface area contributed by atoms with Crippen molar-refractivity contribution in [3.63, 3.8) is 0 Å². The molecule has 0 unspecified atom stereocenters. The van der Waals surface area contributed by atoms with Gasteiger partial charge in [-0.1, -0.05) is 60.7 Å². The third kappa shape index (κ3) is 4.83. The molecule has 33 heavy (non-hydrogen) atoms. The second-order valence-electron chi connectivity index (χ2n) is 8.44. The molecular formula is C26H29N5O2. The highest BCUT2D eigenvalue weighted by molar-refractivity contribution is 5.87. The van der Waals surface area contributed by atoms with Crippen molar-refractivity contribution in [3.05, 3.63) is 84.1 Å². The fraction of sp³-hybridized carbons (Fsp3) is 0.346. The van der Waals surface area contributed by atoms with E-state index in [4.69, 9.17) is 4.74 Å². The van der Waals surface area contributed by atoms with Crippen LogP contribution in [0, 0.1) is 0 Å². The Kier molecular flexibility index (Phi) is 6.48. The normalized spacial score (nSPS) is 16.8. The molecule has 1 aromatic heterocycles. The number of carbonyl (C=O) groups is 1. The Hall–Kier alpha value is -3.45. The minimum atomic E-state index is -0.289. The van der Waals surface area contributed by atoms with Crippen molar-refractivity contribution in [2.75, 3.05) is 62.3 Å². The summed E-state index contributed by atoms with van der Waals surface area (Å²) >= 11 is 0. The van der Waals surface area contributed by atoms with E-state index in [0.29, 0.717) is 13.1 Å². The summed E-state index contributed by atoms with van der Waals surface area (Å²) in [5, 5.41) is 8.61. The largest absolute Gasteiger partial charge is 0.378 e. The lowest BCUT2D eigenvalue weighted by Crippen LogP contribution is -2.50. The van der Waals surface area contributed by atoms with Crippen molar-refractivity contribution >= 4 is 17.4 Å². The van der Waals surface area contributed by atoms with Crippen molar-refractivity contribution < 1.29 is 9.53 Å². The molecule has 7 nitrogen and oxygen atoms in total. The number of hydrogen-bond donors (Lipinski definition) is 0. The Morgan fingerprint density at radius 1 is 0.788 bits per heavy atom. The van der Waals surface area contributed by atoms with Gasteiger partial charge in [-0.3, -0.25) is 4.79 Å². The van der Waals surface area contributed by atoms with Crippen LogP contribution in [0.3, 0.4) is 0 Å². The standard InChI is InChI=1S/C26H29N5O2/c32-26(25(21-7-3-1-4-8-21)22-9-5-2-6-10-22)31-13-11-30(12-14-31)24-19-23(20-27-28-24)29-15-17-33-18-16-29/h1-10,19-20,25H,11-18H2. The number of anilines is 2. The molecule has 0 atom stereocenters.